The minimum atomic E-state index is -1.27. The number of aromatic hydroxyl groups is 2. The van der Waals surface area contributed by atoms with Gasteiger partial charge in [-0.25, -0.2) is 0 Å². The smallest absolute Gasteiger partial charge is 0.290 e. The highest BCUT2D eigenvalue weighted by molar-refractivity contribution is 7.10. The van der Waals surface area contributed by atoms with Crippen LogP contribution in [0, 0.1) is 0 Å². The lowest BCUT2D eigenvalue weighted by molar-refractivity contribution is 0.323. The molecule has 0 fully saturated rings. The van der Waals surface area contributed by atoms with E-state index in [1.165, 1.54) is 50.2 Å². The van der Waals surface area contributed by atoms with E-state index in [0.29, 0.717) is 26.8 Å². The summed E-state index contributed by atoms with van der Waals surface area (Å²) in [7, 11) is 2.80. The first-order valence-corrected chi connectivity index (χ1v) is 12.8. The van der Waals surface area contributed by atoms with Crippen LogP contribution in [0.3, 0.4) is 0 Å². The summed E-state index contributed by atoms with van der Waals surface area (Å²) in [6.45, 7) is 0. The zero-order chi connectivity index (χ0) is 27.7. The van der Waals surface area contributed by atoms with Crippen molar-refractivity contribution in [3.63, 3.8) is 0 Å². The van der Waals surface area contributed by atoms with Gasteiger partial charge in [0.2, 0.25) is 10.9 Å². The number of thiophene rings is 1. The Labute approximate surface area is 226 Å². The van der Waals surface area contributed by atoms with Crippen LogP contribution >= 0.6 is 11.3 Å². The predicted octanol–water partition coefficient (Wildman–Crippen LogP) is 6.06. The largest absolute Gasteiger partial charge is 0.495 e. The van der Waals surface area contributed by atoms with Gasteiger partial charge in [-0.1, -0.05) is 6.07 Å². The maximum atomic E-state index is 14.2. The summed E-state index contributed by atoms with van der Waals surface area (Å²) in [4.78, 5) is 28.8. The predicted molar refractivity (Wildman–Crippen MR) is 146 cm³/mol. The Balaban J connectivity index is 1.61. The molecule has 0 bridgehead atoms. The second-order valence-electron chi connectivity index (χ2n) is 8.98. The zero-order valence-electron chi connectivity index (χ0n) is 20.8. The Morgan fingerprint density at radius 1 is 0.750 bits per heavy atom. The third kappa shape index (κ3) is 3.21. The summed E-state index contributed by atoms with van der Waals surface area (Å²) < 4.78 is 33.5. The molecule has 0 aliphatic carbocycles. The number of ether oxygens (including phenoxy) is 2. The van der Waals surface area contributed by atoms with E-state index in [4.69, 9.17) is 27.1 Å². The molecule has 0 saturated carbocycles. The Morgan fingerprint density at radius 3 is 1.68 bits per heavy atom. The van der Waals surface area contributed by atoms with E-state index in [1.54, 1.807) is 29.6 Å². The van der Waals surface area contributed by atoms with Crippen LogP contribution in [0.4, 0.5) is 0 Å². The second kappa shape index (κ2) is 8.68. The van der Waals surface area contributed by atoms with Crippen LogP contribution < -0.4 is 20.3 Å². The monoisotopic (exact) mass is 558 g/mol. The van der Waals surface area contributed by atoms with Crippen LogP contribution in [0.25, 0.3) is 43.9 Å². The molecule has 5 heterocycles. The number of rotatable bonds is 5. The van der Waals surface area contributed by atoms with Crippen molar-refractivity contribution in [3.8, 4) is 23.4 Å². The molecule has 0 aliphatic heterocycles. The summed E-state index contributed by atoms with van der Waals surface area (Å²) >= 11 is 1.22. The number of hydrogen-bond acceptors (Lipinski definition) is 11. The summed E-state index contributed by atoms with van der Waals surface area (Å²) in [6.07, 6.45) is 2.88. The first-order chi connectivity index (χ1) is 19.4. The number of hydrogen-bond donors (Lipinski definition) is 2. The molecule has 40 heavy (non-hydrogen) atoms. The van der Waals surface area contributed by atoms with Gasteiger partial charge in [-0.3, -0.25) is 9.59 Å². The third-order valence-electron chi connectivity index (χ3n) is 6.98. The van der Waals surface area contributed by atoms with E-state index >= 15 is 0 Å². The molecule has 0 spiro atoms. The molecular formula is C29H18O10S. The first kappa shape index (κ1) is 23.9. The van der Waals surface area contributed by atoms with Crippen molar-refractivity contribution in [1.82, 2.24) is 0 Å². The highest BCUT2D eigenvalue weighted by atomic mass is 32.1. The number of fused-ring (bicyclic) bond motifs is 4. The Hall–Kier alpha value is -5.16. The molecule has 0 aliphatic rings. The van der Waals surface area contributed by atoms with E-state index < -0.39 is 28.7 Å². The van der Waals surface area contributed by atoms with Crippen LogP contribution in [-0.4, -0.2) is 24.4 Å². The normalized spacial score (nSPS) is 11.9. The van der Waals surface area contributed by atoms with Gasteiger partial charge in [0.25, 0.3) is 11.9 Å². The molecular weight excluding hydrogens is 540 g/mol. The minimum Gasteiger partial charge on any atom is -0.495 e. The molecule has 2 N–H and O–H groups in total. The lowest BCUT2D eigenvalue weighted by Gasteiger charge is -2.18. The molecule has 200 valence electrons. The molecule has 5 aromatic heterocycles. The molecule has 0 unspecified atom stereocenters. The van der Waals surface area contributed by atoms with E-state index in [0.717, 1.165) is 0 Å². The fourth-order valence-electron chi connectivity index (χ4n) is 5.31. The summed E-state index contributed by atoms with van der Waals surface area (Å²) in [6, 6.07) is 9.63. The Morgan fingerprint density at radius 2 is 1.25 bits per heavy atom. The minimum absolute atomic E-state index is 0.0225. The highest BCUT2D eigenvalue weighted by Crippen LogP contribution is 2.44. The summed E-state index contributed by atoms with van der Waals surface area (Å²) in [5.74, 6) is -2.38. The molecule has 10 nitrogen and oxygen atoms in total. The van der Waals surface area contributed by atoms with Crippen LogP contribution in [0.5, 0.6) is 23.4 Å². The fourth-order valence-corrected chi connectivity index (χ4v) is 6.15. The molecule has 11 heteroatoms. The van der Waals surface area contributed by atoms with Crippen molar-refractivity contribution in [2.45, 2.75) is 5.92 Å². The number of benzene rings is 2. The van der Waals surface area contributed by atoms with Crippen molar-refractivity contribution >= 4 is 55.2 Å². The van der Waals surface area contributed by atoms with E-state index in [1.807, 2.05) is 0 Å². The summed E-state index contributed by atoms with van der Waals surface area (Å²) in [5, 5.41) is 25.1. The lowest BCUT2D eigenvalue weighted by atomic mass is 9.89. The van der Waals surface area contributed by atoms with Crippen LogP contribution in [0.2, 0.25) is 0 Å². The van der Waals surface area contributed by atoms with E-state index in [2.05, 4.69) is 0 Å². The second-order valence-corrected chi connectivity index (χ2v) is 9.96. The summed E-state index contributed by atoms with van der Waals surface area (Å²) in [5.41, 5.74) is -1.05. The van der Waals surface area contributed by atoms with E-state index in [-0.39, 0.29) is 44.6 Å². The zero-order valence-corrected chi connectivity index (χ0v) is 21.7. The van der Waals surface area contributed by atoms with Gasteiger partial charge in [0.15, 0.2) is 0 Å². The van der Waals surface area contributed by atoms with Crippen LogP contribution in [0.15, 0.2) is 81.6 Å². The van der Waals surface area contributed by atoms with Crippen molar-refractivity contribution in [1.29, 1.82) is 0 Å². The first-order valence-electron chi connectivity index (χ1n) is 11.9. The molecule has 7 rings (SSSR count). The Bertz CT molecular complexity index is 2070. The number of furan rings is 2. The molecule has 0 atom stereocenters. The molecule has 7 aromatic rings. The van der Waals surface area contributed by atoms with Crippen molar-refractivity contribution < 1.29 is 37.4 Å². The average Bonchev–Trinajstić information content (AvgIpc) is 3.71. The molecule has 0 radical (unpaired) electrons. The van der Waals surface area contributed by atoms with Crippen molar-refractivity contribution in [2.24, 2.45) is 0 Å². The lowest BCUT2D eigenvalue weighted by Crippen LogP contribution is -2.22. The maximum Gasteiger partial charge on any atom is 0.290 e. The third-order valence-corrected chi connectivity index (χ3v) is 7.92. The Kier molecular flexibility index (Phi) is 5.19. The number of methoxy groups -OCH3 is 2. The van der Waals surface area contributed by atoms with Crippen molar-refractivity contribution in [2.75, 3.05) is 14.2 Å². The van der Waals surface area contributed by atoms with Crippen LogP contribution in [-0.2, 0) is 0 Å². The molecule has 0 amide bonds. The SMILES string of the molecule is COc1c2ccoc2cc2oc(O)c(C(c3cccs3)c3c(O)oc4cc5occc5c(OC)c4c3=O)c(=O)c12. The van der Waals surface area contributed by atoms with Gasteiger partial charge >= 0.3 is 0 Å². The topological polar surface area (TPSA) is 146 Å². The van der Waals surface area contributed by atoms with Gasteiger partial charge in [0.05, 0.1) is 54.6 Å². The molecule has 0 saturated heterocycles. The average molecular weight is 559 g/mol. The van der Waals surface area contributed by atoms with Gasteiger partial charge in [0, 0.05) is 17.0 Å². The van der Waals surface area contributed by atoms with E-state index in [9.17, 15) is 19.8 Å². The van der Waals surface area contributed by atoms with Gasteiger partial charge in [0.1, 0.15) is 44.6 Å². The van der Waals surface area contributed by atoms with Gasteiger partial charge < -0.3 is 37.4 Å². The van der Waals surface area contributed by atoms with Gasteiger partial charge in [-0.05, 0) is 23.6 Å². The highest BCUT2D eigenvalue weighted by Gasteiger charge is 2.35. The van der Waals surface area contributed by atoms with Gasteiger partial charge in [-0.15, -0.1) is 11.3 Å². The maximum absolute atomic E-state index is 14.2. The fraction of sp³-hybridized carbons (Fsp3) is 0.103. The molecule has 2 aromatic carbocycles. The van der Waals surface area contributed by atoms with Gasteiger partial charge in [-0.2, -0.15) is 0 Å². The standard InChI is InChI=1S/C29H18O10S/c1-34-26-12-5-7-36-14(12)10-16-19(26)24(30)22(28(32)38-16)21(18-4-3-9-40-18)23-25(31)20-17(39-29(23)33)11-15-13(6-8-37-15)27(20)35-2/h3-11,21,32-33H,1-2H3. The quantitative estimate of drug-likeness (QED) is 0.255. The van der Waals surface area contributed by atoms with Crippen LogP contribution in [0.1, 0.15) is 21.9 Å². The van der Waals surface area contributed by atoms with Crippen molar-refractivity contribution in [3.05, 3.63) is 90.8 Å².